The number of aromatic nitrogens is 6. The Balaban J connectivity index is 1.56. The fourth-order valence-electron chi connectivity index (χ4n) is 2.54. The number of hydrogen-bond donors (Lipinski definition) is 2. The zero-order chi connectivity index (χ0) is 19.4. The van der Waals surface area contributed by atoms with Crippen LogP contribution in [0.15, 0.2) is 24.9 Å². The number of anilines is 1. The van der Waals surface area contributed by atoms with E-state index in [1.807, 2.05) is 24.5 Å². The molecular formula is C17H22N8O2. The zero-order valence-electron chi connectivity index (χ0n) is 15.7. The number of nitrogens with zero attached hydrogens (tertiary/aromatic N) is 6. The van der Waals surface area contributed by atoms with Crippen molar-refractivity contribution in [3.63, 3.8) is 0 Å². The van der Waals surface area contributed by atoms with E-state index in [-0.39, 0.29) is 5.91 Å². The highest BCUT2D eigenvalue weighted by atomic mass is 16.5. The maximum absolute atomic E-state index is 12.2. The molecule has 10 heteroatoms. The average Bonchev–Trinajstić information content (AvgIpc) is 3.21. The van der Waals surface area contributed by atoms with Gasteiger partial charge in [-0.3, -0.25) is 14.0 Å². The molecule has 0 aromatic carbocycles. The van der Waals surface area contributed by atoms with Crippen molar-refractivity contribution in [2.45, 2.75) is 13.8 Å². The molecule has 0 bridgehead atoms. The number of methoxy groups -OCH3 is 1. The number of hydrogen-bond acceptors (Lipinski definition) is 7. The van der Waals surface area contributed by atoms with E-state index in [9.17, 15) is 4.79 Å². The highest BCUT2D eigenvalue weighted by Gasteiger charge is 2.15. The molecule has 3 rings (SSSR count). The van der Waals surface area contributed by atoms with E-state index in [4.69, 9.17) is 4.74 Å². The number of ether oxygens (including phenoxy) is 1. The normalized spacial score (nSPS) is 10.7. The average molecular weight is 370 g/mol. The summed E-state index contributed by atoms with van der Waals surface area (Å²) in [5.74, 6) is 1.46. The topological polar surface area (TPSA) is 112 Å². The van der Waals surface area contributed by atoms with Crippen LogP contribution < -0.4 is 15.4 Å². The van der Waals surface area contributed by atoms with Gasteiger partial charge in [0, 0.05) is 38.1 Å². The fourth-order valence-corrected chi connectivity index (χ4v) is 2.54. The van der Waals surface area contributed by atoms with Crippen LogP contribution in [0.1, 0.15) is 21.7 Å². The minimum Gasteiger partial charge on any atom is -0.479 e. The molecule has 0 spiro atoms. The quantitative estimate of drug-likeness (QED) is 0.593. The number of carbonyl (C=O) groups is 1. The first-order valence-corrected chi connectivity index (χ1v) is 8.42. The Kier molecular flexibility index (Phi) is 5.34. The van der Waals surface area contributed by atoms with Crippen molar-refractivity contribution in [3.8, 4) is 11.7 Å². The molecule has 142 valence electrons. The van der Waals surface area contributed by atoms with Gasteiger partial charge in [-0.2, -0.15) is 0 Å². The van der Waals surface area contributed by atoms with Crippen LogP contribution in [0, 0.1) is 13.8 Å². The van der Waals surface area contributed by atoms with E-state index in [0.29, 0.717) is 30.4 Å². The van der Waals surface area contributed by atoms with Gasteiger partial charge >= 0.3 is 0 Å². The van der Waals surface area contributed by atoms with E-state index in [2.05, 4.69) is 30.7 Å². The van der Waals surface area contributed by atoms with Crippen LogP contribution in [0.2, 0.25) is 0 Å². The predicted molar refractivity (Wildman–Crippen MR) is 99.2 cm³/mol. The molecule has 0 atom stereocenters. The van der Waals surface area contributed by atoms with Crippen molar-refractivity contribution < 1.29 is 9.53 Å². The van der Waals surface area contributed by atoms with Gasteiger partial charge in [0.15, 0.2) is 0 Å². The van der Waals surface area contributed by atoms with Gasteiger partial charge < -0.3 is 15.4 Å². The number of carbonyl (C=O) groups excluding carboxylic acids is 1. The molecule has 2 N–H and O–H groups in total. The lowest BCUT2D eigenvalue weighted by molar-refractivity contribution is 0.0952. The van der Waals surface area contributed by atoms with Gasteiger partial charge in [0.1, 0.15) is 29.9 Å². The van der Waals surface area contributed by atoms with Gasteiger partial charge in [0.05, 0.1) is 12.8 Å². The summed E-state index contributed by atoms with van der Waals surface area (Å²) in [7, 11) is 3.22. The summed E-state index contributed by atoms with van der Waals surface area (Å²) in [6, 6.07) is 1.83. The summed E-state index contributed by atoms with van der Waals surface area (Å²) in [6.45, 7) is 4.86. The first-order valence-electron chi connectivity index (χ1n) is 8.42. The smallest absolute Gasteiger partial charge is 0.258 e. The highest BCUT2D eigenvalue weighted by molar-refractivity contribution is 5.96. The Morgan fingerprint density at radius 2 is 2.04 bits per heavy atom. The number of aryl methyl sites for hydroxylation is 2. The van der Waals surface area contributed by atoms with Crippen molar-refractivity contribution in [1.29, 1.82) is 0 Å². The highest BCUT2D eigenvalue weighted by Crippen LogP contribution is 2.15. The molecule has 10 nitrogen and oxygen atoms in total. The summed E-state index contributed by atoms with van der Waals surface area (Å²) in [6.07, 6.45) is 4.84. The Hall–Kier alpha value is -3.43. The Bertz CT molecular complexity index is 946. The van der Waals surface area contributed by atoms with Gasteiger partial charge in [0.25, 0.3) is 5.91 Å². The van der Waals surface area contributed by atoms with Gasteiger partial charge in [-0.1, -0.05) is 0 Å². The molecule has 3 aromatic heterocycles. The summed E-state index contributed by atoms with van der Waals surface area (Å²) in [5.41, 5.74) is 2.38. The lowest BCUT2D eigenvalue weighted by atomic mass is 10.3. The minimum atomic E-state index is -0.241. The van der Waals surface area contributed by atoms with Crippen LogP contribution >= 0.6 is 0 Å². The summed E-state index contributed by atoms with van der Waals surface area (Å²) in [5, 5.41) is 10.1. The van der Waals surface area contributed by atoms with Crippen molar-refractivity contribution in [3.05, 3.63) is 41.9 Å². The van der Waals surface area contributed by atoms with E-state index in [0.717, 1.165) is 17.2 Å². The summed E-state index contributed by atoms with van der Waals surface area (Å²) in [4.78, 5) is 25.0. The zero-order valence-corrected chi connectivity index (χ0v) is 15.7. The SMILES string of the molecule is COc1nn(C)cc1C(=O)NCCNc1cc(-n2cnc(C)c2C)ncn1. The Labute approximate surface area is 156 Å². The van der Waals surface area contributed by atoms with Crippen LogP contribution in [-0.4, -0.2) is 55.4 Å². The van der Waals surface area contributed by atoms with Crippen molar-refractivity contribution >= 4 is 11.7 Å². The van der Waals surface area contributed by atoms with E-state index in [1.54, 1.807) is 19.6 Å². The van der Waals surface area contributed by atoms with Gasteiger partial charge in [-0.15, -0.1) is 5.10 Å². The molecule has 0 radical (unpaired) electrons. The third-order valence-corrected chi connectivity index (χ3v) is 4.10. The number of imidazole rings is 1. The van der Waals surface area contributed by atoms with E-state index >= 15 is 0 Å². The molecule has 3 aromatic rings. The van der Waals surface area contributed by atoms with Crippen LogP contribution in [0.5, 0.6) is 5.88 Å². The van der Waals surface area contributed by atoms with Crippen molar-refractivity contribution in [2.24, 2.45) is 7.05 Å². The van der Waals surface area contributed by atoms with Crippen molar-refractivity contribution in [1.82, 2.24) is 34.6 Å². The first-order chi connectivity index (χ1) is 13.0. The second-order valence-electron chi connectivity index (χ2n) is 5.96. The van der Waals surface area contributed by atoms with Gasteiger partial charge in [0.2, 0.25) is 5.88 Å². The largest absolute Gasteiger partial charge is 0.479 e. The molecule has 1 amide bonds. The van der Waals surface area contributed by atoms with Crippen LogP contribution in [0.3, 0.4) is 0 Å². The molecule has 27 heavy (non-hydrogen) atoms. The number of nitrogens with one attached hydrogen (secondary N) is 2. The maximum atomic E-state index is 12.2. The molecule has 3 heterocycles. The monoisotopic (exact) mass is 370 g/mol. The lowest BCUT2D eigenvalue weighted by Crippen LogP contribution is -2.29. The minimum absolute atomic E-state index is 0.241. The third kappa shape index (κ3) is 4.05. The third-order valence-electron chi connectivity index (χ3n) is 4.10. The molecule has 0 aliphatic rings. The van der Waals surface area contributed by atoms with E-state index < -0.39 is 0 Å². The molecule has 0 fully saturated rings. The maximum Gasteiger partial charge on any atom is 0.258 e. The van der Waals surface area contributed by atoms with Crippen LogP contribution in [-0.2, 0) is 7.05 Å². The van der Waals surface area contributed by atoms with Gasteiger partial charge in [-0.05, 0) is 13.8 Å². The fraction of sp³-hybridized carbons (Fsp3) is 0.353. The van der Waals surface area contributed by atoms with Crippen LogP contribution in [0.25, 0.3) is 5.82 Å². The lowest BCUT2D eigenvalue weighted by Gasteiger charge is -2.09. The summed E-state index contributed by atoms with van der Waals surface area (Å²) >= 11 is 0. The molecule has 0 aliphatic heterocycles. The molecule has 0 saturated heterocycles. The predicted octanol–water partition coefficient (Wildman–Crippen LogP) is 0.863. The standard InChI is InChI=1S/C17H22N8O2/c1-11-12(2)25(10-22-11)15-7-14(20-9-21-15)18-5-6-19-16(26)13-8-24(3)23-17(13)27-4/h7-10H,5-6H2,1-4H3,(H,19,26)(H,18,20,21). The second-order valence-corrected chi connectivity index (χ2v) is 5.96. The number of amides is 1. The Morgan fingerprint density at radius 1 is 1.22 bits per heavy atom. The molecule has 0 aliphatic carbocycles. The molecule has 0 unspecified atom stereocenters. The Morgan fingerprint density at radius 3 is 2.74 bits per heavy atom. The number of rotatable bonds is 7. The first kappa shape index (κ1) is 18.4. The van der Waals surface area contributed by atoms with E-state index in [1.165, 1.54) is 18.1 Å². The molecular weight excluding hydrogens is 348 g/mol. The summed E-state index contributed by atoms with van der Waals surface area (Å²) < 4.78 is 8.53. The van der Waals surface area contributed by atoms with Crippen LogP contribution in [0.4, 0.5) is 5.82 Å². The van der Waals surface area contributed by atoms with Crippen molar-refractivity contribution in [2.75, 3.05) is 25.5 Å². The van der Waals surface area contributed by atoms with Gasteiger partial charge in [-0.25, -0.2) is 15.0 Å². The molecule has 0 saturated carbocycles. The second kappa shape index (κ2) is 7.85.